The maximum absolute atomic E-state index is 13.1. The summed E-state index contributed by atoms with van der Waals surface area (Å²) in [6, 6.07) is 10.5. The molecule has 156 valence electrons. The summed E-state index contributed by atoms with van der Waals surface area (Å²) in [5.41, 5.74) is 3.33. The first-order chi connectivity index (χ1) is 14.2. The molecule has 3 rings (SSSR count). The van der Waals surface area contributed by atoms with Crippen LogP contribution >= 0.6 is 0 Å². The third-order valence-electron chi connectivity index (χ3n) is 4.63. The van der Waals surface area contributed by atoms with Crippen molar-refractivity contribution in [3.63, 3.8) is 0 Å². The third-order valence-corrected chi connectivity index (χ3v) is 4.63. The van der Waals surface area contributed by atoms with Crippen molar-refractivity contribution in [1.82, 2.24) is 9.78 Å². The Morgan fingerprint density at radius 3 is 2.53 bits per heavy atom. The standard InChI is InChI=1S/C21H21FN4O4/c1-13-10-18(8-9-19(13)26(28)29)30-12-20(27)23-21-14(2)24-25(15(21)3)11-16-4-6-17(22)7-5-16/h4-10H,11-12H2,1-3H3,(H,23,27). The number of hydrogen-bond acceptors (Lipinski definition) is 5. The third kappa shape index (κ3) is 4.80. The molecule has 0 spiro atoms. The number of nitro groups is 1. The summed E-state index contributed by atoms with van der Waals surface area (Å²) in [4.78, 5) is 22.7. The highest BCUT2D eigenvalue weighted by atomic mass is 19.1. The lowest BCUT2D eigenvalue weighted by atomic mass is 10.2. The summed E-state index contributed by atoms with van der Waals surface area (Å²) in [6.45, 7) is 5.41. The number of nitrogens with one attached hydrogen (secondary N) is 1. The second kappa shape index (κ2) is 8.73. The van der Waals surface area contributed by atoms with E-state index >= 15 is 0 Å². The number of aryl methyl sites for hydroxylation is 2. The second-order valence-electron chi connectivity index (χ2n) is 6.87. The van der Waals surface area contributed by atoms with Gasteiger partial charge in [-0.25, -0.2) is 4.39 Å². The Morgan fingerprint density at radius 1 is 1.20 bits per heavy atom. The lowest BCUT2D eigenvalue weighted by Gasteiger charge is -2.09. The Morgan fingerprint density at radius 2 is 1.90 bits per heavy atom. The first kappa shape index (κ1) is 21.0. The summed E-state index contributed by atoms with van der Waals surface area (Å²) >= 11 is 0. The number of benzene rings is 2. The zero-order valence-corrected chi connectivity index (χ0v) is 16.8. The summed E-state index contributed by atoms with van der Waals surface area (Å²) < 4.78 is 20.3. The smallest absolute Gasteiger partial charge is 0.272 e. The lowest BCUT2D eigenvalue weighted by molar-refractivity contribution is -0.385. The molecule has 0 fully saturated rings. The van der Waals surface area contributed by atoms with Crippen molar-refractivity contribution in [1.29, 1.82) is 0 Å². The normalized spacial score (nSPS) is 10.7. The van der Waals surface area contributed by atoms with Gasteiger partial charge in [0.15, 0.2) is 6.61 Å². The van der Waals surface area contributed by atoms with E-state index in [2.05, 4.69) is 10.4 Å². The van der Waals surface area contributed by atoms with E-state index in [1.807, 2.05) is 6.92 Å². The molecule has 2 aromatic carbocycles. The number of rotatable bonds is 7. The zero-order valence-electron chi connectivity index (χ0n) is 16.8. The van der Waals surface area contributed by atoms with Gasteiger partial charge in [-0.2, -0.15) is 5.10 Å². The number of aromatic nitrogens is 2. The summed E-state index contributed by atoms with van der Waals surface area (Å²) in [5, 5.41) is 18.1. The molecule has 1 heterocycles. The number of halogens is 1. The fourth-order valence-corrected chi connectivity index (χ4v) is 3.04. The fourth-order valence-electron chi connectivity index (χ4n) is 3.04. The van der Waals surface area contributed by atoms with E-state index in [4.69, 9.17) is 4.74 Å². The number of carbonyl (C=O) groups excluding carboxylic acids is 1. The number of ether oxygens (including phenoxy) is 1. The number of anilines is 1. The molecule has 0 radical (unpaired) electrons. The van der Waals surface area contributed by atoms with Crippen LogP contribution in [0.4, 0.5) is 15.8 Å². The van der Waals surface area contributed by atoms with E-state index in [-0.39, 0.29) is 24.0 Å². The molecule has 1 aromatic heterocycles. The molecule has 0 saturated heterocycles. The summed E-state index contributed by atoms with van der Waals surface area (Å²) in [6.07, 6.45) is 0. The van der Waals surface area contributed by atoms with Gasteiger partial charge in [-0.1, -0.05) is 12.1 Å². The molecule has 3 aromatic rings. The molecule has 0 bridgehead atoms. The van der Waals surface area contributed by atoms with Gasteiger partial charge in [-0.05, 0) is 50.6 Å². The van der Waals surface area contributed by atoms with Gasteiger partial charge in [-0.3, -0.25) is 19.6 Å². The number of nitro benzene ring substituents is 1. The van der Waals surface area contributed by atoms with Crippen molar-refractivity contribution in [3.05, 3.63) is 80.9 Å². The molecule has 30 heavy (non-hydrogen) atoms. The summed E-state index contributed by atoms with van der Waals surface area (Å²) in [7, 11) is 0. The maximum Gasteiger partial charge on any atom is 0.272 e. The monoisotopic (exact) mass is 412 g/mol. The van der Waals surface area contributed by atoms with Crippen molar-refractivity contribution >= 4 is 17.3 Å². The van der Waals surface area contributed by atoms with Crippen LogP contribution in [0.15, 0.2) is 42.5 Å². The topological polar surface area (TPSA) is 99.3 Å². The SMILES string of the molecule is Cc1cc(OCC(=O)Nc2c(C)nn(Cc3ccc(F)cc3)c2C)ccc1[N+](=O)[O-]. The highest BCUT2D eigenvalue weighted by molar-refractivity contribution is 5.93. The van der Waals surface area contributed by atoms with E-state index in [1.165, 1.54) is 30.3 Å². The van der Waals surface area contributed by atoms with Crippen molar-refractivity contribution < 1.29 is 18.8 Å². The second-order valence-corrected chi connectivity index (χ2v) is 6.87. The van der Waals surface area contributed by atoms with Gasteiger partial charge in [0.25, 0.3) is 11.6 Å². The zero-order chi connectivity index (χ0) is 21.8. The molecular formula is C21H21FN4O4. The minimum Gasteiger partial charge on any atom is -0.484 e. The number of hydrogen-bond donors (Lipinski definition) is 1. The highest BCUT2D eigenvalue weighted by Crippen LogP contribution is 2.24. The van der Waals surface area contributed by atoms with E-state index in [9.17, 15) is 19.3 Å². The molecule has 1 amide bonds. The van der Waals surface area contributed by atoms with Gasteiger partial charge in [0.05, 0.1) is 28.5 Å². The van der Waals surface area contributed by atoms with Crippen molar-refractivity contribution in [3.8, 4) is 5.75 Å². The highest BCUT2D eigenvalue weighted by Gasteiger charge is 2.16. The van der Waals surface area contributed by atoms with Crippen LogP contribution in [-0.2, 0) is 11.3 Å². The molecule has 0 aliphatic rings. The van der Waals surface area contributed by atoms with Crippen LogP contribution in [0.2, 0.25) is 0 Å². The van der Waals surface area contributed by atoms with Crippen molar-refractivity contribution in [2.75, 3.05) is 11.9 Å². The molecule has 0 aliphatic heterocycles. The van der Waals surface area contributed by atoms with Gasteiger partial charge < -0.3 is 10.1 Å². The maximum atomic E-state index is 13.1. The van der Waals surface area contributed by atoms with Crippen LogP contribution < -0.4 is 10.1 Å². The van der Waals surface area contributed by atoms with E-state index in [0.717, 1.165) is 11.3 Å². The van der Waals surface area contributed by atoms with Crippen LogP contribution in [-0.4, -0.2) is 27.2 Å². The average Bonchev–Trinajstić information content (AvgIpc) is 2.95. The minimum absolute atomic E-state index is 0.00776. The Labute approximate surface area is 172 Å². The van der Waals surface area contributed by atoms with Crippen LogP contribution in [0.1, 0.15) is 22.5 Å². The molecule has 0 aliphatic carbocycles. The molecule has 1 N–H and O–H groups in total. The van der Waals surface area contributed by atoms with E-state index < -0.39 is 4.92 Å². The molecule has 9 heteroatoms. The lowest BCUT2D eigenvalue weighted by Crippen LogP contribution is -2.21. The van der Waals surface area contributed by atoms with E-state index in [0.29, 0.717) is 29.2 Å². The Kier molecular flexibility index (Phi) is 6.10. The molecule has 0 atom stereocenters. The molecule has 0 saturated carbocycles. The van der Waals surface area contributed by atoms with Crippen LogP contribution in [0.3, 0.4) is 0 Å². The molecule has 8 nitrogen and oxygen atoms in total. The van der Waals surface area contributed by atoms with Crippen LogP contribution in [0.25, 0.3) is 0 Å². The number of carbonyl (C=O) groups is 1. The molecular weight excluding hydrogens is 391 g/mol. The summed E-state index contributed by atoms with van der Waals surface area (Å²) in [5.74, 6) is -0.310. The van der Waals surface area contributed by atoms with Crippen molar-refractivity contribution in [2.24, 2.45) is 0 Å². The van der Waals surface area contributed by atoms with Gasteiger partial charge >= 0.3 is 0 Å². The first-order valence-electron chi connectivity index (χ1n) is 9.20. The number of amides is 1. The Hall–Kier alpha value is -3.75. The quantitative estimate of drug-likeness (QED) is 0.468. The number of nitrogens with zero attached hydrogens (tertiary/aromatic N) is 3. The van der Waals surface area contributed by atoms with Gasteiger partial charge in [0, 0.05) is 11.6 Å². The van der Waals surface area contributed by atoms with Gasteiger partial charge in [0.1, 0.15) is 11.6 Å². The van der Waals surface area contributed by atoms with Crippen molar-refractivity contribution in [2.45, 2.75) is 27.3 Å². The van der Waals surface area contributed by atoms with E-state index in [1.54, 1.807) is 30.7 Å². The Balaban J connectivity index is 1.64. The Bertz CT molecular complexity index is 1090. The van der Waals surface area contributed by atoms with Gasteiger partial charge in [-0.15, -0.1) is 0 Å². The molecule has 0 unspecified atom stereocenters. The largest absolute Gasteiger partial charge is 0.484 e. The first-order valence-corrected chi connectivity index (χ1v) is 9.20. The fraction of sp³-hybridized carbons (Fsp3) is 0.238. The predicted octanol–water partition coefficient (Wildman–Crippen LogP) is 3.92. The average molecular weight is 412 g/mol. The van der Waals surface area contributed by atoms with Crippen LogP contribution in [0, 0.1) is 36.7 Å². The van der Waals surface area contributed by atoms with Crippen LogP contribution in [0.5, 0.6) is 5.75 Å². The van der Waals surface area contributed by atoms with Gasteiger partial charge in [0.2, 0.25) is 0 Å². The predicted molar refractivity (Wildman–Crippen MR) is 109 cm³/mol. The minimum atomic E-state index is -0.471.